The average molecular weight is 663 g/mol. The molecule has 1 heterocycles. The molecule has 0 atom stereocenters. The number of nitrogens with zero attached hydrogens (tertiary/aromatic N) is 5. The molecule has 0 aliphatic heterocycles. The van der Waals surface area contributed by atoms with Crippen molar-refractivity contribution in [2.24, 2.45) is 10.2 Å². The fourth-order valence-electron chi connectivity index (χ4n) is 3.64. The summed E-state index contributed by atoms with van der Waals surface area (Å²) in [6.45, 7) is 10.5. The van der Waals surface area contributed by atoms with Crippen LogP contribution in [0.4, 0.5) is 38.9 Å². The molecule has 2 aromatic carbocycles. The molecule has 0 saturated heterocycles. The van der Waals surface area contributed by atoms with Crippen molar-refractivity contribution >= 4 is 29.6 Å². The van der Waals surface area contributed by atoms with Gasteiger partial charge in [-0.15, -0.1) is 10.2 Å². The Bertz CT molecular complexity index is 1510. The van der Waals surface area contributed by atoms with Crippen LogP contribution < -0.4 is 20.7 Å². The molecule has 4 amide bonds. The van der Waals surface area contributed by atoms with Crippen LogP contribution in [-0.4, -0.2) is 57.5 Å². The zero-order valence-electron chi connectivity index (χ0n) is 26.7. The molecule has 0 aliphatic carbocycles. The van der Waals surface area contributed by atoms with E-state index in [-0.39, 0.29) is 25.4 Å². The van der Waals surface area contributed by atoms with E-state index in [0.717, 1.165) is 24.3 Å². The van der Waals surface area contributed by atoms with Crippen molar-refractivity contribution in [2.45, 2.75) is 71.6 Å². The Kier molecular flexibility index (Phi) is 11.9. The van der Waals surface area contributed by atoms with Crippen LogP contribution in [0.1, 0.15) is 58.8 Å². The summed E-state index contributed by atoms with van der Waals surface area (Å²) in [5.74, 6) is 0.367. The summed E-state index contributed by atoms with van der Waals surface area (Å²) in [5.41, 5.74) is -1.43. The standard InChI is InChI=1S/C30H37F3N8O6/c1-28(2,3)46-26(43)34-15-23(16-35-27(44)47-29(4,5)6)41-17-22(38-40-41)18-45-24-9-7-8-21(14-24)36-25(42)39-37-20-12-10-19(11-13-20)30(31,32)33/h7-14,17,23H,15-16,18H2,1-6H3,(H,34,43)(H,35,44)(H,36,42). The first-order chi connectivity index (χ1) is 21.9. The normalized spacial score (nSPS) is 12.1. The third kappa shape index (κ3) is 13.3. The van der Waals surface area contributed by atoms with Crippen molar-refractivity contribution in [3.63, 3.8) is 0 Å². The Labute approximate surface area is 269 Å². The van der Waals surface area contributed by atoms with Crippen molar-refractivity contribution in [3.05, 3.63) is 66.0 Å². The highest BCUT2D eigenvalue weighted by molar-refractivity contribution is 5.89. The monoisotopic (exact) mass is 662 g/mol. The Morgan fingerprint density at radius 3 is 2.04 bits per heavy atom. The zero-order valence-corrected chi connectivity index (χ0v) is 26.7. The molecule has 3 rings (SSSR count). The summed E-state index contributed by atoms with van der Waals surface area (Å²) >= 11 is 0. The Morgan fingerprint density at radius 1 is 0.894 bits per heavy atom. The highest BCUT2D eigenvalue weighted by Crippen LogP contribution is 2.30. The number of hydrogen-bond donors (Lipinski definition) is 3. The number of aromatic nitrogens is 3. The molecule has 14 nitrogen and oxygen atoms in total. The summed E-state index contributed by atoms with van der Waals surface area (Å²) in [4.78, 5) is 36.7. The average Bonchev–Trinajstić information content (AvgIpc) is 3.42. The second kappa shape index (κ2) is 15.4. The molecule has 0 spiro atoms. The largest absolute Gasteiger partial charge is 0.487 e. The van der Waals surface area contributed by atoms with Crippen molar-refractivity contribution in [1.29, 1.82) is 0 Å². The first kappa shape index (κ1) is 36.3. The number of urea groups is 1. The summed E-state index contributed by atoms with van der Waals surface area (Å²) in [7, 11) is 0. The molecule has 0 aliphatic rings. The molecule has 17 heteroatoms. The van der Waals surface area contributed by atoms with E-state index in [1.165, 1.54) is 10.7 Å². The fraction of sp³-hybridized carbons (Fsp3) is 0.433. The van der Waals surface area contributed by atoms with Gasteiger partial charge in [0, 0.05) is 24.8 Å². The third-order valence-electron chi connectivity index (χ3n) is 5.62. The smallest absolute Gasteiger partial charge is 0.416 e. The van der Waals surface area contributed by atoms with Crippen molar-refractivity contribution in [1.82, 2.24) is 25.6 Å². The SMILES string of the molecule is CC(C)(C)OC(=O)NCC(CNC(=O)OC(C)(C)C)n1cc(COc2cccc(NC(=O)N=Nc3ccc(C(F)(F)F)cc3)c2)nn1. The fourth-order valence-corrected chi connectivity index (χ4v) is 3.64. The van der Waals surface area contributed by atoms with Crippen LogP contribution in [0.25, 0.3) is 0 Å². The van der Waals surface area contributed by atoms with E-state index >= 15 is 0 Å². The number of halogens is 3. The Balaban J connectivity index is 1.59. The summed E-state index contributed by atoms with van der Waals surface area (Å²) in [6, 6.07) is 8.83. The molecule has 0 saturated carbocycles. The highest BCUT2D eigenvalue weighted by Gasteiger charge is 2.30. The Morgan fingerprint density at radius 2 is 1.49 bits per heavy atom. The lowest BCUT2D eigenvalue weighted by atomic mass is 10.2. The lowest BCUT2D eigenvalue weighted by Gasteiger charge is -2.23. The van der Waals surface area contributed by atoms with Crippen LogP contribution in [0.5, 0.6) is 5.75 Å². The molecule has 0 unspecified atom stereocenters. The van der Waals surface area contributed by atoms with Crippen LogP contribution >= 0.6 is 0 Å². The van der Waals surface area contributed by atoms with Gasteiger partial charge < -0.3 is 30.2 Å². The molecule has 3 N–H and O–H groups in total. The number of hydrogen-bond acceptors (Lipinski definition) is 9. The van der Waals surface area contributed by atoms with E-state index in [9.17, 15) is 27.6 Å². The van der Waals surface area contributed by atoms with Gasteiger partial charge >= 0.3 is 24.4 Å². The number of azo groups is 1. The molecule has 1 aromatic heterocycles. The molecule has 0 fully saturated rings. The van der Waals surface area contributed by atoms with Gasteiger partial charge in [0.2, 0.25) is 0 Å². The van der Waals surface area contributed by atoms with E-state index in [2.05, 4.69) is 36.5 Å². The van der Waals surface area contributed by atoms with Gasteiger partial charge in [0.1, 0.15) is 29.3 Å². The van der Waals surface area contributed by atoms with E-state index < -0.39 is 47.2 Å². The highest BCUT2D eigenvalue weighted by atomic mass is 19.4. The summed E-state index contributed by atoms with van der Waals surface area (Å²) < 4.78 is 56.0. The van der Waals surface area contributed by atoms with Gasteiger partial charge in [0.15, 0.2) is 0 Å². The van der Waals surface area contributed by atoms with E-state index in [1.54, 1.807) is 65.9 Å². The first-order valence-electron chi connectivity index (χ1n) is 14.3. The number of anilines is 1. The van der Waals surface area contributed by atoms with E-state index in [0.29, 0.717) is 17.1 Å². The molecule has 47 heavy (non-hydrogen) atoms. The van der Waals surface area contributed by atoms with Gasteiger partial charge in [-0.25, -0.2) is 19.1 Å². The maximum Gasteiger partial charge on any atom is 0.416 e. The number of amides is 4. The number of benzene rings is 2. The maximum atomic E-state index is 12.7. The van der Waals surface area contributed by atoms with Gasteiger partial charge in [-0.2, -0.15) is 13.2 Å². The predicted octanol–water partition coefficient (Wildman–Crippen LogP) is 6.78. The Hall–Kier alpha value is -5.22. The van der Waals surface area contributed by atoms with Crippen LogP contribution in [-0.2, 0) is 22.3 Å². The number of rotatable bonds is 10. The van der Waals surface area contributed by atoms with Gasteiger partial charge in [0.05, 0.1) is 23.5 Å². The quantitative estimate of drug-likeness (QED) is 0.199. The maximum absolute atomic E-state index is 12.7. The summed E-state index contributed by atoms with van der Waals surface area (Å²) in [6.07, 6.45) is -4.18. The minimum Gasteiger partial charge on any atom is -0.487 e. The van der Waals surface area contributed by atoms with Crippen LogP contribution in [0.2, 0.25) is 0 Å². The third-order valence-corrected chi connectivity index (χ3v) is 5.62. The molecule has 0 bridgehead atoms. The van der Waals surface area contributed by atoms with Crippen molar-refractivity contribution < 1.29 is 41.8 Å². The number of alkyl carbamates (subject to hydrolysis) is 2. The van der Waals surface area contributed by atoms with Crippen molar-refractivity contribution in [3.8, 4) is 5.75 Å². The minimum atomic E-state index is -4.49. The van der Waals surface area contributed by atoms with E-state index in [1.807, 2.05) is 0 Å². The van der Waals surface area contributed by atoms with Crippen LogP contribution in [0, 0.1) is 0 Å². The number of carbonyl (C=O) groups excluding carboxylic acids is 3. The molecular weight excluding hydrogens is 625 g/mol. The van der Waals surface area contributed by atoms with Gasteiger partial charge in [-0.05, 0) is 77.9 Å². The topological polar surface area (TPSA) is 170 Å². The number of ether oxygens (including phenoxy) is 3. The molecule has 3 aromatic rings. The summed E-state index contributed by atoms with van der Waals surface area (Å²) in [5, 5.41) is 23.2. The lowest BCUT2D eigenvalue weighted by molar-refractivity contribution is -0.137. The van der Waals surface area contributed by atoms with Crippen LogP contribution in [0.3, 0.4) is 0 Å². The van der Waals surface area contributed by atoms with Gasteiger partial charge in [0.25, 0.3) is 0 Å². The molecular formula is C30H37F3N8O6. The van der Waals surface area contributed by atoms with Gasteiger partial charge in [-0.3, -0.25) is 0 Å². The van der Waals surface area contributed by atoms with Crippen LogP contribution in [0.15, 0.2) is 65.0 Å². The van der Waals surface area contributed by atoms with E-state index in [4.69, 9.17) is 14.2 Å². The second-order valence-electron chi connectivity index (χ2n) is 12.1. The first-order valence-corrected chi connectivity index (χ1v) is 14.3. The molecule has 254 valence electrons. The minimum absolute atomic E-state index is 0.0171. The zero-order chi connectivity index (χ0) is 34.8. The second-order valence-corrected chi connectivity index (χ2v) is 12.1. The number of alkyl halides is 3. The lowest BCUT2D eigenvalue weighted by Crippen LogP contribution is -2.41. The molecule has 0 radical (unpaired) electrons. The predicted molar refractivity (Wildman–Crippen MR) is 163 cm³/mol. The van der Waals surface area contributed by atoms with Gasteiger partial charge in [-0.1, -0.05) is 16.4 Å². The van der Waals surface area contributed by atoms with Crippen molar-refractivity contribution in [2.75, 3.05) is 18.4 Å². The number of nitrogens with one attached hydrogen (secondary N) is 3. The number of carbonyl (C=O) groups is 3.